The first-order valence-electron chi connectivity index (χ1n) is 5.98. The molecule has 1 saturated heterocycles. The summed E-state index contributed by atoms with van der Waals surface area (Å²) >= 11 is 0. The third kappa shape index (κ3) is 2.22. The van der Waals surface area contributed by atoms with Crippen molar-refractivity contribution in [2.24, 2.45) is 0 Å². The van der Waals surface area contributed by atoms with Crippen molar-refractivity contribution in [2.75, 3.05) is 31.2 Å². The molecule has 0 unspecified atom stereocenters. The normalized spacial score (nSPS) is 17.1. The first-order valence-corrected chi connectivity index (χ1v) is 5.98. The largest absolute Gasteiger partial charge is 0.380 e. The summed E-state index contributed by atoms with van der Waals surface area (Å²) < 4.78 is 5.44. The van der Waals surface area contributed by atoms with E-state index in [2.05, 4.69) is 14.9 Å². The van der Waals surface area contributed by atoms with Gasteiger partial charge in [-0.3, -0.25) is 4.98 Å². The molecule has 88 valence electrons. The van der Waals surface area contributed by atoms with Gasteiger partial charge in [0.1, 0.15) is 5.82 Å². The molecule has 1 aliphatic heterocycles. The molecule has 1 aromatic heterocycles. The summed E-state index contributed by atoms with van der Waals surface area (Å²) in [6, 6.07) is 7.96. The van der Waals surface area contributed by atoms with Gasteiger partial charge in [0.05, 0.1) is 23.8 Å². The van der Waals surface area contributed by atoms with Crippen LogP contribution in [-0.2, 0) is 4.74 Å². The van der Waals surface area contributed by atoms with Crippen LogP contribution in [-0.4, -0.2) is 36.3 Å². The maximum Gasteiger partial charge on any atom is 0.147 e. The molecule has 0 radical (unpaired) electrons. The minimum Gasteiger partial charge on any atom is -0.380 e. The Morgan fingerprint density at radius 2 is 1.94 bits per heavy atom. The zero-order valence-corrected chi connectivity index (χ0v) is 9.67. The number of hydrogen-bond donors (Lipinski definition) is 0. The SMILES string of the molecule is c1ccc2nc(N3CCCOCC3)cnc2c1. The second-order valence-electron chi connectivity index (χ2n) is 4.17. The van der Waals surface area contributed by atoms with Gasteiger partial charge in [0.25, 0.3) is 0 Å². The Morgan fingerprint density at radius 3 is 2.88 bits per heavy atom. The summed E-state index contributed by atoms with van der Waals surface area (Å²) in [5.74, 6) is 0.953. The summed E-state index contributed by atoms with van der Waals surface area (Å²) in [6.07, 6.45) is 2.90. The highest BCUT2D eigenvalue weighted by Crippen LogP contribution is 2.16. The van der Waals surface area contributed by atoms with Gasteiger partial charge in [-0.25, -0.2) is 4.98 Å². The molecule has 4 nitrogen and oxygen atoms in total. The molecule has 1 aromatic carbocycles. The van der Waals surface area contributed by atoms with Crippen LogP contribution in [0, 0.1) is 0 Å². The minimum absolute atomic E-state index is 0.772. The number of aromatic nitrogens is 2. The molecule has 17 heavy (non-hydrogen) atoms. The zero-order valence-electron chi connectivity index (χ0n) is 9.67. The summed E-state index contributed by atoms with van der Waals surface area (Å²) in [5, 5.41) is 0. The number of ether oxygens (including phenoxy) is 1. The molecule has 3 rings (SSSR count). The van der Waals surface area contributed by atoms with Crippen LogP contribution in [0.2, 0.25) is 0 Å². The fraction of sp³-hybridized carbons (Fsp3) is 0.385. The molecule has 0 saturated carbocycles. The van der Waals surface area contributed by atoms with Crippen LogP contribution in [0.15, 0.2) is 30.5 Å². The third-order valence-electron chi connectivity index (χ3n) is 2.98. The topological polar surface area (TPSA) is 38.2 Å². The van der Waals surface area contributed by atoms with E-state index in [4.69, 9.17) is 4.74 Å². The van der Waals surface area contributed by atoms with Crippen molar-refractivity contribution < 1.29 is 4.74 Å². The number of benzene rings is 1. The molecular formula is C13H15N3O. The summed E-state index contributed by atoms with van der Waals surface area (Å²) in [4.78, 5) is 11.3. The Bertz CT molecular complexity index is 507. The molecule has 1 fully saturated rings. The molecule has 1 aliphatic rings. The fourth-order valence-electron chi connectivity index (χ4n) is 2.07. The van der Waals surface area contributed by atoms with Gasteiger partial charge in [-0.2, -0.15) is 0 Å². The lowest BCUT2D eigenvalue weighted by Crippen LogP contribution is -2.26. The molecule has 0 N–H and O–H groups in total. The number of rotatable bonds is 1. The van der Waals surface area contributed by atoms with E-state index < -0.39 is 0 Å². The van der Waals surface area contributed by atoms with E-state index in [1.54, 1.807) is 0 Å². The van der Waals surface area contributed by atoms with E-state index in [1.165, 1.54) is 0 Å². The van der Waals surface area contributed by atoms with Gasteiger partial charge in [0, 0.05) is 19.7 Å². The van der Waals surface area contributed by atoms with Gasteiger partial charge in [-0.15, -0.1) is 0 Å². The van der Waals surface area contributed by atoms with E-state index >= 15 is 0 Å². The second-order valence-corrected chi connectivity index (χ2v) is 4.17. The monoisotopic (exact) mass is 229 g/mol. The third-order valence-corrected chi connectivity index (χ3v) is 2.98. The van der Waals surface area contributed by atoms with Gasteiger partial charge in [-0.1, -0.05) is 12.1 Å². The molecule has 2 aromatic rings. The minimum atomic E-state index is 0.772. The van der Waals surface area contributed by atoms with E-state index in [0.29, 0.717) is 0 Å². The van der Waals surface area contributed by atoms with Crippen LogP contribution in [0.3, 0.4) is 0 Å². The van der Waals surface area contributed by atoms with E-state index in [9.17, 15) is 0 Å². The van der Waals surface area contributed by atoms with Crippen LogP contribution in [0.25, 0.3) is 11.0 Å². The van der Waals surface area contributed by atoms with E-state index in [-0.39, 0.29) is 0 Å². The number of hydrogen-bond acceptors (Lipinski definition) is 4. The molecule has 0 spiro atoms. The summed E-state index contributed by atoms with van der Waals surface area (Å²) in [7, 11) is 0. The van der Waals surface area contributed by atoms with Crippen LogP contribution >= 0.6 is 0 Å². The number of fused-ring (bicyclic) bond motifs is 1. The zero-order chi connectivity index (χ0) is 11.5. The molecule has 0 aliphatic carbocycles. The average Bonchev–Trinajstić information content (AvgIpc) is 2.67. The Hall–Kier alpha value is -1.68. The molecule has 0 amide bonds. The Kier molecular flexibility index (Phi) is 2.88. The average molecular weight is 229 g/mol. The summed E-state index contributed by atoms with van der Waals surface area (Å²) in [5.41, 5.74) is 1.90. The summed E-state index contributed by atoms with van der Waals surface area (Å²) in [6.45, 7) is 3.51. The highest BCUT2D eigenvalue weighted by atomic mass is 16.5. The van der Waals surface area contributed by atoms with Crippen molar-refractivity contribution in [3.8, 4) is 0 Å². The van der Waals surface area contributed by atoms with Crippen molar-refractivity contribution in [3.63, 3.8) is 0 Å². The van der Waals surface area contributed by atoms with Crippen molar-refractivity contribution in [3.05, 3.63) is 30.5 Å². The quantitative estimate of drug-likeness (QED) is 0.748. The van der Waals surface area contributed by atoms with Crippen molar-refractivity contribution >= 4 is 16.9 Å². The number of para-hydroxylation sites is 2. The van der Waals surface area contributed by atoms with Crippen LogP contribution in [0.5, 0.6) is 0 Å². The lowest BCUT2D eigenvalue weighted by Gasteiger charge is -2.20. The fourth-order valence-corrected chi connectivity index (χ4v) is 2.07. The first-order chi connectivity index (χ1) is 8.43. The van der Waals surface area contributed by atoms with Gasteiger partial charge >= 0.3 is 0 Å². The number of nitrogens with zero attached hydrogens (tertiary/aromatic N) is 3. The van der Waals surface area contributed by atoms with Crippen LogP contribution in [0.4, 0.5) is 5.82 Å². The van der Waals surface area contributed by atoms with Gasteiger partial charge < -0.3 is 9.64 Å². The predicted octanol–water partition coefficient (Wildman–Crippen LogP) is 1.86. The molecule has 4 heteroatoms. The van der Waals surface area contributed by atoms with Crippen molar-refractivity contribution in [1.82, 2.24) is 9.97 Å². The molecular weight excluding hydrogens is 214 g/mol. The maximum absolute atomic E-state index is 5.44. The lowest BCUT2D eigenvalue weighted by atomic mass is 10.3. The van der Waals surface area contributed by atoms with E-state index in [1.807, 2.05) is 30.5 Å². The maximum atomic E-state index is 5.44. The molecule has 0 bridgehead atoms. The second kappa shape index (κ2) is 4.67. The number of anilines is 1. The smallest absolute Gasteiger partial charge is 0.147 e. The lowest BCUT2D eigenvalue weighted by molar-refractivity contribution is 0.152. The van der Waals surface area contributed by atoms with Crippen molar-refractivity contribution in [2.45, 2.75) is 6.42 Å². The molecule has 0 atom stereocenters. The Morgan fingerprint density at radius 1 is 1.06 bits per heavy atom. The van der Waals surface area contributed by atoms with Crippen molar-refractivity contribution in [1.29, 1.82) is 0 Å². The van der Waals surface area contributed by atoms with Crippen LogP contribution in [0.1, 0.15) is 6.42 Å². The standard InChI is InChI=1S/C13H15N3O/c1-2-5-12-11(4-1)14-10-13(15-12)16-6-3-8-17-9-7-16/h1-2,4-5,10H,3,6-9H2. The van der Waals surface area contributed by atoms with E-state index in [0.717, 1.165) is 49.6 Å². The Labute approximate surface area is 100 Å². The van der Waals surface area contributed by atoms with Gasteiger partial charge in [0.15, 0.2) is 0 Å². The highest BCUT2D eigenvalue weighted by Gasteiger charge is 2.11. The van der Waals surface area contributed by atoms with Gasteiger partial charge in [-0.05, 0) is 18.6 Å². The first kappa shape index (κ1) is 10.5. The van der Waals surface area contributed by atoms with Gasteiger partial charge in [0.2, 0.25) is 0 Å². The highest BCUT2D eigenvalue weighted by molar-refractivity contribution is 5.75. The predicted molar refractivity (Wildman–Crippen MR) is 67.2 cm³/mol. The Balaban J connectivity index is 1.93. The van der Waals surface area contributed by atoms with Crippen LogP contribution < -0.4 is 4.90 Å². The molecule has 2 heterocycles.